The Bertz CT molecular complexity index is 1360. The number of amides is 1. The second kappa shape index (κ2) is 12.6. The van der Waals surface area contributed by atoms with Crippen LogP contribution in [0.2, 0.25) is 10.0 Å². The van der Waals surface area contributed by atoms with Gasteiger partial charge in [-0.3, -0.25) is 4.79 Å². The number of benzene rings is 4. The predicted molar refractivity (Wildman–Crippen MR) is 147 cm³/mol. The first-order valence-electron chi connectivity index (χ1n) is 10.9. The van der Waals surface area contributed by atoms with Crippen LogP contribution in [0.3, 0.4) is 0 Å². The summed E-state index contributed by atoms with van der Waals surface area (Å²) >= 11 is 15.6. The zero-order valence-corrected chi connectivity index (χ0v) is 22.1. The van der Waals surface area contributed by atoms with E-state index in [1.165, 1.54) is 0 Å². The third-order valence-corrected chi connectivity index (χ3v) is 6.18. The topological polar surface area (TPSA) is 59.9 Å². The number of nitrogens with zero attached hydrogens (tertiary/aromatic N) is 1. The maximum atomic E-state index is 12.5. The molecule has 0 unspecified atom stereocenters. The van der Waals surface area contributed by atoms with Crippen molar-refractivity contribution in [3.05, 3.63) is 128 Å². The van der Waals surface area contributed by atoms with Gasteiger partial charge in [0.25, 0.3) is 5.91 Å². The van der Waals surface area contributed by atoms with Crippen LogP contribution < -0.4 is 14.9 Å². The fourth-order valence-electron chi connectivity index (χ4n) is 3.21. The molecule has 0 aromatic heterocycles. The van der Waals surface area contributed by atoms with Crippen LogP contribution in [0.15, 0.2) is 101 Å². The van der Waals surface area contributed by atoms with Crippen LogP contribution in [-0.4, -0.2) is 12.1 Å². The molecule has 36 heavy (non-hydrogen) atoms. The highest BCUT2D eigenvalue weighted by molar-refractivity contribution is 9.10. The van der Waals surface area contributed by atoms with E-state index in [2.05, 4.69) is 26.5 Å². The first-order valence-corrected chi connectivity index (χ1v) is 12.5. The lowest BCUT2D eigenvalue weighted by atomic mass is 10.2. The van der Waals surface area contributed by atoms with Crippen molar-refractivity contribution in [2.24, 2.45) is 5.10 Å². The largest absolute Gasteiger partial charge is 0.489 e. The van der Waals surface area contributed by atoms with Crippen LogP contribution in [0.5, 0.6) is 11.5 Å². The normalized spacial score (nSPS) is 10.9. The third-order valence-electron chi connectivity index (χ3n) is 5.10. The van der Waals surface area contributed by atoms with E-state index >= 15 is 0 Å². The Hall–Kier alpha value is -3.32. The van der Waals surface area contributed by atoms with Gasteiger partial charge in [-0.1, -0.05) is 75.5 Å². The molecular formula is C28H21BrCl2N2O3. The smallest absolute Gasteiger partial charge is 0.271 e. The Morgan fingerprint density at radius 1 is 0.889 bits per heavy atom. The molecule has 0 heterocycles. The molecule has 0 bridgehead atoms. The number of hydrogen-bond acceptors (Lipinski definition) is 4. The molecule has 0 aliphatic carbocycles. The van der Waals surface area contributed by atoms with Crippen LogP contribution in [0.4, 0.5) is 0 Å². The summed E-state index contributed by atoms with van der Waals surface area (Å²) in [5, 5.41) is 5.21. The minimum atomic E-state index is -0.347. The lowest BCUT2D eigenvalue weighted by Crippen LogP contribution is -2.17. The van der Waals surface area contributed by atoms with Gasteiger partial charge in [0.05, 0.1) is 6.21 Å². The lowest BCUT2D eigenvalue weighted by molar-refractivity contribution is 0.0955. The molecule has 1 amide bonds. The molecule has 4 rings (SSSR count). The van der Waals surface area contributed by atoms with E-state index in [-0.39, 0.29) is 12.5 Å². The summed E-state index contributed by atoms with van der Waals surface area (Å²) in [5.41, 5.74) is 5.59. The van der Waals surface area contributed by atoms with E-state index in [4.69, 9.17) is 32.7 Å². The summed E-state index contributed by atoms with van der Waals surface area (Å²) in [7, 11) is 0. The number of hydrogen-bond donors (Lipinski definition) is 1. The van der Waals surface area contributed by atoms with E-state index in [1.807, 2.05) is 54.6 Å². The molecule has 4 aromatic rings. The maximum absolute atomic E-state index is 12.5. The fraction of sp³-hybridized carbons (Fsp3) is 0.0714. The van der Waals surface area contributed by atoms with Gasteiger partial charge in [0, 0.05) is 31.2 Å². The molecule has 0 radical (unpaired) electrons. The molecule has 0 aliphatic rings. The zero-order chi connectivity index (χ0) is 25.3. The standard InChI is InChI=1S/C28H21BrCl2N2O3/c29-23-9-13-27(36-17-19-4-2-1-3-5-19)22(14-23)16-32-33-28(34)20-7-11-25(12-8-20)35-18-21-6-10-24(30)15-26(21)31/h1-16H,17-18H2,(H,33,34)/b32-16+. The van der Waals surface area contributed by atoms with Crippen molar-refractivity contribution >= 4 is 51.3 Å². The number of ether oxygens (including phenoxy) is 2. The molecule has 0 spiro atoms. The second-order valence-corrected chi connectivity index (χ2v) is 9.46. The van der Waals surface area contributed by atoms with E-state index < -0.39 is 0 Å². The van der Waals surface area contributed by atoms with E-state index in [0.717, 1.165) is 21.2 Å². The molecule has 0 atom stereocenters. The number of halogens is 3. The third kappa shape index (κ3) is 7.34. The highest BCUT2D eigenvalue weighted by atomic mass is 79.9. The average molecular weight is 584 g/mol. The van der Waals surface area contributed by atoms with Crippen molar-refractivity contribution in [3.63, 3.8) is 0 Å². The fourth-order valence-corrected chi connectivity index (χ4v) is 4.06. The van der Waals surface area contributed by atoms with Gasteiger partial charge in [-0.2, -0.15) is 5.10 Å². The van der Waals surface area contributed by atoms with Gasteiger partial charge in [0.1, 0.15) is 24.7 Å². The van der Waals surface area contributed by atoms with Crippen molar-refractivity contribution in [3.8, 4) is 11.5 Å². The number of nitrogens with one attached hydrogen (secondary N) is 1. The van der Waals surface area contributed by atoms with E-state index in [9.17, 15) is 4.79 Å². The SMILES string of the molecule is O=C(N/N=C/c1cc(Br)ccc1OCc1ccccc1)c1ccc(OCc2ccc(Cl)cc2Cl)cc1. The van der Waals surface area contributed by atoms with Crippen molar-refractivity contribution in [1.29, 1.82) is 0 Å². The van der Waals surface area contributed by atoms with Gasteiger partial charge in [-0.15, -0.1) is 0 Å². The highest BCUT2D eigenvalue weighted by Gasteiger charge is 2.07. The van der Waals surface area contributed by atoms with Gasteiger partial charge in [0.15, 0.2) is 0 Å². The Kier molecular flexibility index (Phi) is 9.01. The van der Waals surface area contributed by atoms with Gasteiger partial charge >= 0.3 is 0 Å². The number of hydrazone groups is 1. The Morgan fingerprint density at radius 3 is 2.42 bits per heavy atom. The predicted octanol–water partition coefficient (Wildman–Crippen LogP) is 7.68. The Morgan fingerprint density at radius 2 is 1.67 bits per heavy atom. The summed E-state index contributed by atoms with van der Waals surface area (Å²) < 4.78 is 12.6. The van der Waals surface area contributed by atoms with Gasteiger partial charge < -0.3 is 9.47 Å². The molecule has 1 N–H and O–H groups in total. The summed E-state index contributed by atoms with van der Waals surface area (Å²) in [4.78, 5) is 12.5. The van der Waals surface area contributed by atoms with Crippen LogP contribution in [0.1, 0.15) is 27.0 Å². The molecule has 0 fully saturated rings. The van der Waals surface area contributed by atoms with Crippen LogP contribution in [0, 0.1) is 0 Å². The highest BCUT2D eigenvalue weighted by Crippen LogP contribution is 2.24. The summed E-state index contributed by atoms with van der Waals surface area (Å²) in [5.74, 6) is 0.915. The second-order valence-electron chi connectivity index (χ2n) is 7.70. The first-order chi connectivity index (χ1) is 17.5. The summed E-state index contributed by atoms with van der Waals surface area (Å²) in [6, 6.07) is 27.5. The van der Waals surface area contributed by atoms with Crippen molar-refractivity contribution in [1.82, 2.24) is 5.43 Å². The summed E-state index contributed by atoms with van der Waals surface area (Å²) in [6.45, 7) is 0.710. The Balaban J connectivity index is 1.33. The molecule has 0 saturated heterocycles. The molecular weight excluding hydrogens is 563 g/mol. The quantitative estimate of drug-likeness (QED) is 0.162. The van der Waals surface area contributed by atoms with E-state index in [0.29, 0.717) is 33.7 Å². The van der Waals surface area contributed by atoms with Crippen molar-refractivity contribution in [2.45, 2.75) is 13.2 Å². The first kappa shape index (κ1) is 25.8. The van der Waals surface area contributed by atoms with Gasteiger partial charge in [-0.05, 0) is 60.2 Å². The lowest BCUT2D eigenvalue weighted by Gasteiger charge is -2.10. The molecule has 4 aromatic carbocycles. The molecule has 0 aliphatic heterocycles. The van der Waals surface area contributed by atoms with Gasteiger partial charge in [0.2, 0.25) is 0 Å². The Labute approximate surface area is 227 Å². The van der Waals surface area contributed by atoms with Crippen LogP contribution in [-0.2, 0) is 13.2 Å². The zero-order valence-electron chi connectivity index (χ0n) is 19.0. The van der Waals surface area contributed by atoms with E-state index in [1.54, 1.807) is 42.6 Å². The molecule has 5 nitrogen and oxygen atoms in total. The van der Waals surface area contributed by atoms with Crippen LogP contribution in [0.25, 0.3) is 0 Å². The van der Waals surface area contributed by atoms with Crippen molar-refractivity contribution in [2.75, 3.05) is 0 Å². The number of rotatable bonds is 9. The molecule has 8 heteroatoms. The maximum Gasteiger partial charge on any atom is 0.271 e. The monoisotopic (exact) mass is 582 g/mol. The minimum Gasteiger partial charge on any atom is -0.489 e. The minimum absolute atomic E-state index is 0.285. The molecule has 0 saturated carbocycles. The summed E-state index contributed by atoms with van der Waals surface area (Å²) in [6.07, 6.45) is 1.55. The number of carbonyl (C=O) groups is 1. The van der Waals surface area contributed by atoms with Crippen LogP contribution >= 0.6 is 39.1 Å². The average Bonchev–Trinajstić information content (AvgIpc) is 2.88. The molecule has 182 valence electrons. The number of carbonyl (C=O) groups excluding carboxylic acids is 1. The van der Waals surface area contributed by atoms with Gasteiger partial charge in [-0.25, -0.2) is 5.43 Å². The van der Waals surface area contributed by atoms with Crippen molar-refractivity contribution < 1.29 is 14.3 Å².